The second kappa shape index (κ2) is 8.87. The number of nitro groups is 1. The Labute approximate surface area is 161 Å². The van der Waals surface area contributed by atoms with Gasteiger partial charge in [-0.3, -0.25) is 15.1 Å². The van der Waals surface area contributed by atoms with Gasteiger partial charge in [-0.1, -0.05) is 6.07 Å². The summed E-state index contributed by atoms with van der Waals surface area (Å²) in [6, 6.07) is 10.3. The smallest absolute Gasteiger partial charge is 0.274 e. The molecule has 0 fully saturated rings. The van der Waals surface area contributed by atoms with Gasteiger partial charge in [-0.15, -0.1) is 0 Å². The summed E-state index contributed by atoms with van der Waals surface area (Å²) >= 11 is 0. The summed E-state index contributed by atoms with van der Waals surface area (Å²) in [6.45, 7) is 2.26. The van der Waals surface area contributed by atoms with Crippen LogP contribution in [0.15, 0.2) is 48.8 Å². The van der Waals surface area contributed by atoms with Crippen LogP contribution in [0.4, 0.5) is 23.1 Å². The summed E-state index contributed by atoms with van der Waals surface area (Å²) in [5, 5.41) is 26.4. The van der Waals surface area contributed by atoms with E-state index in [9.17, 15) is 10.1 Å². The molecule has 0 bridgehead atoms. The van der Waals surface area contributed by atoms with Crippen molar-refractivity contribution in [2.45, 2.75) is 13.3 Å². The van der Waals surface area contributed by atoms with Gasteiger partial charge in [-0.25, -0.2) is 4.98 Å². The number of pyridine rings is 1. The van der Waals surface area contributed by atoms with E-state index in [-0.39, 0.29) is 12.3 Å². The first-order valence-corrected chi connectivity index (χ1v) is 8.73. The Morgan fingerprint density at radius 2 is 2.07 bits per heavy atom. The van der Waals surface area contributed by atoms with Crippen LogP contribution in [0, 0.1) is 17.0 Å². The number of nitrogens with one attached hydrogen (secondary N) is 2. The van der Waals surface area contributed by atoms with Gasteiger partial charge in [0.15, 0.2) is 0 Å². The third-order valence-electron chi connectivity index (χ3n) is 4.07. The third-order valence-corrected chi connectivity index (χ3v) is 4.07. The topological polar surface area (TPSA) is 126 Å². The highest BCUT2D eigenvalue weighted by atomic mass is 16.6. The number of aromatic nitrogens is 3. The molecule has 3 N–H and O–H groups in total. The summed E-state index contributed by atoms with van der Waals surface area (Å²) in [5.41, 5.74) is 2.61. The fourth-order valence-corrected chi connectivity index (χ4v) is 2.63. The van der Waals surface area contributed by atoms with E-state index in [1.54, 1.807) is 37.5 Å². The highest BCUT2D eigenvalue weighted by molar-refractivity contribution is 5.70. The molecule has 9 nitrogen and oxygen atoms in total. The van der Waals surface area contributed by atoms with Crippen molar-refractivity contribution in [3.63, 3.8) is 0 Å². The number of nitro benzene ring substituents is 1. The van der Waals surface area contributed by atoms with Gasteiger partial charge >= 0.3 is 0 Å². The standard InChI is InChI=1S/C19H20N6O3/c1-13-15(6-2-7-17(13)25(27)28)22-18-11-16(14-5-3-8-20-12-14)23-19(24-18)21-9-4-10-26/h2-3,5-8,11-12,26H,4,9-10H2,1H3,(H2,21,22,23,24). The van der Waals surface area contributed by atoms with Crippen LogP contribution in [0.2, 0.25) is 0 Å². The van der Waals surface area contributed by atoms with Crippen LogP contribution >= 0.6 is 0 Å². The van der Waals surface area contributed by atoms with Gasteiger partial charge in [0.2, 0.25) is 5.95 Å². The Bertz CT molecular complexity index is 965. The minimum absolute atomic E-state index is 0.0350. The van der Waals surface area contributed by atoms with Crippen LogP contribution in [-0.4, -0.2) is 38.1 Å². The highest BCUT2D eigenvalue weighted by Crippen LogP contribution is 2.29. The molecule has 2 aromatic heterocycles. The van der Waals surface area contributed by atoms with Gasteiger partial charge in [0.05, 0.1) is 16.2 Å². The maximum Gasteiger partial charge on any atom is 0.274 e. The minimum Gasteiger partial charge on any atom is -0.396 e. The van der Waals surface area contributed by atoms with E-state index in [4.69, 9.17) is 5.11 Å². The highest BCUT2D eigenvalue weighted by Gasteiger charge is 2.14. The molecule has 0 aliphatic carbocycles. The van der Waals surface area contributed by atoms with Gasteiger partial charge in [-0.05, 0) is 31.5 Å². The molecule has 0 unspecified atom stereocenters. The lowest BCUT2D eigenvalue weighted by molar-refractivity contribution is -0.385. The van der Waals surface area contributed by atoms with Crippen LogP contribution in [0.3, 0.4) is 0 Å². The quantitative estimate of drug-likeness (QED) is 0.309. The number of anilines is 3. The zero-order chi connectivity index (χ0) is 19.9. The Hall–Kier alpha value is -3.59. The molecule has 9 heteroatoms. The zero-order valence-electron chi connectivity index (χ0n) is 15.3. The van der Waals surface area contributed by atoms with Crippen LogP contribution in [0.1, 0.15) is 12.0 Å². The van der Waals surface area contributed by atoms with Crippen molar-refractivity contribution >= 4 is 23.1 Å². The molecule has 0 saturated carbocycles. The molecule has 0 radical (unpaired) electrons. The van der Waals surface area contributed by atoms with E-state index in [2.05, 4.69) is 25.6 Å². The van der Waals surface area contributed by atoms with Crippen molar-refractivity contribution in [3.05, 3.63) is 64.5 Å². The molecule has 0 saturated heterocycles. The van der Waals surface area contributed by atoms with Crippen LogP contribution in [-0.2, 0) is 0 Å². The zero-order valence-corrected chi connectivity index (χ0v) is 15.3. The van der Waals surface area contributed by atoms with Gasteiger partial charge in [0, 0.05) is 48.9 Å². The van der Waals surface area contributed by atoms with E-state index in [0.29, 0.717) is 41.7 Å². The van der Waals surface area contributed by atoms with Gasteiger partial charge in [-0.2, -0.15) is 4.98 Å². The molecule has 0 spiro atoms. The molecule has 0 atom stereocenters. The van der Waals surface area contributed by atoms with Gasteiger partial charge in [0.1, 0.15) is 5.82 Å². The molecule has 0 aliphatic rings. The lowest BCUT2D eigenvalue weighted by Crippen LogP contribution is -2.09. The van der Waals surface area contributed by atoms with E-state index in [1.165, 1.54) is 6.07 Å². The summed E-state index contributed by atoms with van der Waals surface area (Å²) in [4.78, 5) is 23.8. The maximum absolute atomic E-state index is 11.2. The molecule has 2 heterocycles. The van der Waals surface area contributed by atoms with Crippen molar-refractivity contribution in [1.82, 2.24) is 15.0 Å². The maximum atomic E-state index is 11.2. The van der Waals surface area contributed by atoms with Crippen LogP contribution in [0.5, 0.6) is 0 Å². The van der Waals surface area contributed by atoms with Gasteiger partial charge in [0.25, 0.3) is 5.69 Å². The van der Waals surface area contributed by atoms with Crippen molar-refractivity contribution < 1.29 is 10.0 Å². The van der Waals surface area contributed by atoms with Crippen molar-refractivity contribution in [3.8, 4) is 11.3 Å². The molecule has 0 amide bonds. The Morgan fingerprint density at radius 3 is 2.79 bits per heavy atom. The fraction of sp³-hybridized carbons (Fsp3) is 0.211. The number of rotatable bonds is 8. The molecular weight excluding hydrogens is 360 g/mol. The Kier molecular flexibility index (Phi) is 6.07. The molecule has 3 rings (SSSR count). The average Bonchev–Trinajstić information content (AvgIpc) is 2.70. The van der Waals surface area contributed by atoms with Crippen LogP contribution < -0.4 is 10.6 Å². The van der Waals surface area contributed by atoms with Crippen molar-refractivity contribution in [1.29, 1.82) is 0 Å². The fourth-order valence-electron chi connectivity index (χ4n) is 2.63. The third kappa shape index (κ3) is 4.57. The lowest BCUT2D eigenvalue weighted by atomic mass is 10.1. The number of benzene rings is 1. The molecule has 0 aliphatic heterocycles. The monoisotopic (exact) mass is 380 g/mol. The first-order chi connectivity index (χ1) is 13.6. The largest absolute Gasteiger partial charge is 0.396 e. The second-order valence-corrected chi connectivity index (χ2v) is 6.04. The minimum atomic E-state index is -0.413. The van der Waals surface area contributed by atoms with Crippen molar-refractivity contribution in [2.75, 3.05) is 23.8 Å². The Morgan fingerprint density at radius 1 is 1.21 bits per heavy atom. The molecular formula is C19H20N6O3. The van der Waals surface area contributed by atoms with Crippen molar-refractivity contribution in [2.24, 2.45) is 0 Å². The molecule has 28 heavy (non-hydrogen) atoms. The molecule has 144 valence electrons. The molecule has 3 aromatic rings. The number of nitrogens with zero attached hydrogens (tertiary/aromatic N) is 4. The number of aliphatic hydroxyl groups is 1. The molecule has 1 aromatic carbocycles. The first kappa shape index (κ1) is 19.2. The number of hydrogen-bond acceptors (Lipinski definition) is 8. The normalized spacial score (nSPS) is 10.5. The average molecular weight is 380 g/mol. The summed E-state index contributed by atoms with van der Waals surface area (Å²) in [5.74, 6) is 0.879. The summed E-state index contributed by atoms with van der Waals surface area (Å²) in [7, 11) is 0. The summed E-state index contributed by atoms with van der Waals surface area (Å²) < 4.78 is 0. The van der Waals surface area contributed by atoms with E-state index >= 15 is 0 Å². The second-order valence-electron chi connectivity index (χ2n) is 6.04. The number of hydrogen-bond donors (Lipinski definition) is 3. The van der Waals surface area contributed by atoms with E-state index in [0.717, 1.165) is 5.56 Å². The van der Waals surface area contributed by atoms with E-state index in [1.807, 2.05) is 12.1 Å². The Balaban J connectivity index is 1.97. The summed E-state index contributed by atoms with van der Waals surface area (Å²) in [6.07, 6.45) is 3.94. The predicted octanol–water partition coefficient (Wildman–Crippen LogP) is 3.29. The first-order valence-electron chi connectivity index (χ1n) is 8.73. The lowest BCUT2D eigenvalue weighted by Gasteiger charge is -2.12. The van der Waals surface area contributed by atoms with Gasteiger partial charge < -0.3 is 15.7 Å². The SMILES string of the molecule is Cc1c(Nc2cc(-c3cccnc3)nc(NCCCO)n2)cccc1[N+](=O)[O-]. The van der Waals surface area contributed by atoms with Crippen LogP contribution in [0.25, 0.3) is 11.3 Å². The number of aliphatic hydroxyl groups excluding tert-OH is 1. The van der Waals surface area contributed by atoms with E-state index < -0.39 is 4.92 Å². The predicted molar refractivity (Wildman–Crippen MR) is 107 cm³/mol.